The van der Waals surface area contributed by atoms with Crippen molar-refractivity contribution in [1.29, 1.82) is 0 Å². The lowest BCUT2D eigenvalue weighted by Crippen LogP contribution is -2.60. The van der Waals surface area contributed by atoms with Crippen LogP contribution in [-0.4, -0.2) is 100 Å². The van der Waals surface area contributed by atoms with Crippen molar-refractivity contribution in [2.75, 3.05) is 25.6 Å². The standard InChI is InChI=1S/C27H32N2O10/c1-3-13-14-9-19-27(16-5-4-12(36-2)8-17(16)28-26(27)35)6-7-29(19)23(34)15(14)11-37-24(13)39-25-22(33)21(32)20(31)18(10-30)38-25/h3-5,8,11,13-14,18-22,24-25,30-33H,1,6-7,9-10H2,2H3,(H,28,35). The molecular formula is C27H32N2O10. The van der Waals surface area contributed by atoms with Gasteiger partial charge in [0.2, 0.25) is 12.2 Å². The first-order valence-electron chi connectivity index (χ1n) is 13.0. The Kier molecular flexibility index (Phi) is 6.44. The van der Waals surface area contributed by atoms with Crippen LogP contribution in [0.25, 0.3) is 0 Å². The largest absolute Gasteiger partial charge is 0.497 e. The van der Waals surface area contributed by atoms with Crippen molar-refractivity contribution >= 4 is 17.5 Å². The van der Waals surface area contributed by atoms with Gasteiger partial charge in [-0.25, -0.2) is 0 Å². The zero-order valence-corrected chi connectivity index (χ0v) is 21.3. The molecule has 0 saturated carbocycles. The van der Waals surface area contributed by atoms with Gasteiger partial charge in [0.25, 0.3) is 5.91 Å². The minimum absolute atomic E-state index is 0.158. The first-order valence-corrected chi connectivity index (χ1v) is 13.0. The van der Waals surface area contributed by atoms with Gasteiger partial charge in [-0.2, -0.15) is 0 Å². The van der Waals surface area contributed by atoms with E-state index in [1.54, 1.807) is 24.2 Å². The average Bonchev–Trinajstić information content (AvgIpc) is 3.46. The number of methoxy groups -OCH3 is 1. The van der Waals surface area contributed by atoms with Crippen LogP contribution in [0.1, 0.15) is 18.4 Å². The summed E-state index contributed by atoms with van der Waals surface area (Å²) in [5.41, 5.74) is 1.03. The fraction of sp³-hybridized carbons (Fsp3) is 0.556. The Labute approximate surface area is 224 Å². The van der Waals surface area contributed by atoms with E-state index in [0.717, 1.165) is 5.56 Å². The molecule has 210 valence electrons. The van der Waals surface area contributed by atoms with Crippen molar-refractivity contribution in [3.05, 3.63) is 48.3 Å². The Morgan fingerprint density at radius 1 is 1.21 bits per heavy atom. The number of fused-ring (bicyclic) bond motifs is 5. The van der Waals surface area contributed by atoms with Crippen molar-refractivity contribution < 1.29 is 49.0 Å². The Balaban J connectivity index is 1.29. The molecule has 1 aromatic rings. The maximum atomic E-state index is 13.7. The van der Waals surface area contributed by atoms with Gasteiger partial charge in [0.05, 0.1) is 37.0 Å². The van der Waals surface area contributed by atoms with Gasteiger partial charge >= 0.3 is 0 Å². The quantitative estimate of drug-likeness (QED) is 0.301. The van der Waals surface area contributed by atoms with Crippen LogP contribution in [0.2, 0.25) is 0 Å². The molecule has 12 heteroatoms. The van der Waals surface area contributed by atoms with Crippen molar-refractivity contribution in [3.8, 4) is 5.75 Å². The van der Waals surface area contributed by atoms with Crippen LogP contribution in [0.3, 0.4) is 0 Å². The number of nitrogens with zero attached hydrogens (tertiary/aromatic N) is 1. The van der Waals surface area contributed by atoms with Crippen LogP contribution >= 0.6 is 0 Å². The van der Waals surface area contributed by atoms with E-state index in [2.05, 4.69) is 11.9 Å². The number of rotatable bonds is 5. The van der Waals surface area contributed by atoms with E-state index in [1.165, 1.54) is 6.26 Å². The average molecular weight is 545 g/mol. The number of carbonyl (C=O) groups excluding carboxylic acids is 2. The molecule has 5 N–H and O–H groups in total. The number of nitrogens with one attached hydrogen (secondary N) is 1. The number of benzene rings is 1. The molecule has 12 nitrogen and oxygen atoms in total. The predicted molar refractivity (Wildman–Crippen MR) is 133 cm³/mol. The first kappa shape index (κ1) is 26.2. The summed E-state index contributed by atoms with van der Waals surface area (Å²) in [6.07, 6.45) is -4.51. The highest BCUT2D eigenvalue weighted by atomic mass is 16.8. The zero-order chi connectivity index (χ0) is 27.6. The number of hydrogen-bond acceptors (Lipinski definition) is 10. The molecule has 6 rings (SSSR count). The molecule has 0 bridgehead atoms. The number of carbonyl (C=O) groups is 2. The number of aliphatic hydroxyl groups is 4. The highest BCUT2D eigenvalue weighted by Gasteiger charge is 2.62. The number of anilines is 1. The third-order valence-corrected chi connectivity index (χ3v) is 8.93. The van der Waals surface area contributed by atoms with Gasteiger partial charge in [-0.1, -0.05) is 12.1 Å². The third kappa shape index (κ3) is 3.74. The van der Waals surface area contributed by atoms with Gasteiger partial charge in [-0.15, -0.1) is 6.58 Å². The second-order valence-electron chi connectivity index (χ2n) is 10.7. The van der Waals surface area contributed by atoms with Gasteiger partial charge in [0.1, 0.15) is 30.2 Å². The van der Waals surface area contributed by atoms with E-state index in [0.29, 0.717) is 36.4 Å². The Morgan fingerprint density at radius 3 is 2.72 bits per heavy atom. The maximum Gasteiger partial charge on any atom is 0.253 e. The number of hydrogen-bond donors (Lipinski definition) is 5. The molecule has 5 aliphatic heterocycles. The van der Waals surface area contributed by atoms with Gasteiger partial charge in [0, 0.05) is 30.1 Å². The Hall–Kier alpha value is -3.00. The zero-order valence-electron chi connectivity index (χ0n) is 21.3. The second-order valence-corrected chi connectivity index (χ2v) is 10.7. The molecule has 0 aromatic heterocycles. The molecule has 1 spiro atoms. The molecule has 1 aromatic carbocycles. The molecule has 2 amide bonds. The molecule has 5 heterocycles. The molecule has 0 radical (unpaired) electrons. The van der Waals surface area contributed by atoms with E-state index < -0.39 is 66.9 Å². The van der Waals surface area contributed by atoms with E-state index >= 15 is 0 Å². The molecule has 39 heavy (non-hydrogen) atoms. The fourth-order valence-corrected chi connectivity index (χ4v) is 6.86. The Bertz CT molecular complexity index is 1220. The minimum Gasteiger partial charge on any atom is -0.497 e. The van der Waals surface area contributed by atoms with Crippen LogP contribution in [-0.2, 0) is 29.2 Å². The summed E-state index contributed by atoms with van der Waals surface area (Å²) in [7, 11) is 1.56. The molecule has 10 atom stereocenters. The van der Waals surface area contributed by atoms with Crippen LogP contribution in [0.5, 0.6) is 5.75 Å². The summed E-state index contributed by atoms with van der Waals surface area (Å²) in [6, 6.07) is 5.05. The smallest absolute Gasteiger partial charge is 0.253 e. The normalized spacial score (nSPS) is 40.8. The first-order chi connectivity index (χ1) is 18.7. The van der Waals surface area contributed by atoms with E-state index in [1.807, 2.05) is 12.1 Å². The van der Waals surface area contributed by atoms with Crippen molar-refractivity contribution in [1.82, 2.24) is 4.90 Å². The minimum atomic E-state index is -1.61. The second kappa shape index (κ2) is 9.58. The van der Waals surface area contributed by atoms with Crippen molar-refractivity contribution in [2.45, 2.75) is 61.3 Å². The molecule has 3 saturated heterocycles. The van der Waals surface area contributed by atoms with E-state index in [9.17, 15) is 30.0 Å². The molecule has 5 aliphatic rings. The topological polar surface area (TPSA) is 167 Å². The lowest BCUT2D eigenvalue weighted by Gasteiger charge is -2.47. The highest BCUT2D eigenvalue weighted by Crippen LogP contribution is 2.54. The van der Waals surface area contributed by atoms with Crippen molar-refractivity contribution in [3.63, 3.8) is 0 Å². The number of amides is 2. The molecule has 3 fully saturated rings. The lowest BCUT2D eigenvalue weighted by atomic mass is 9.67. The molecule has 0 aliphatic carbocycles. The summed E-state index contributed by atoms with van der Waals surface area (Å²) >= 11 is 0. The summed E-state index contributed by atoms with van der Waals surface area (Å²) in [5.74, 6) is -0.739. The van der Waals surface area contributed by atoms with Gasteiger partial charge in [-0.3, -0.25) is 9.59 Å². The van der Waals surface area contributed by atoms with Crippen molar-refractivity contribution in [2.24, 2.45) is 11.8 Å². The maximum absolute atomic E-state index is 13.7. The lowest BCUT2D eigenvalue weighted by molar-refractivity contribution is -0.339. The third-order valence-electron chi connectivity index (χ3n) is 8.93. The number of piperidine rings is 1. The Morgan fingerprint density at radius 2 is 2.00 bits per heavy atom. The summed E-state index contributed by atoms with van der Waals surface area (Å²) in [6.45, 7) is 3.74. The monoisotopic (exact) mass is 544 g/mol. The summed E-state index contributed by atoms with van der Waals surface area (Å²) < 4.78 is 22.5. The number of aliphatic hydroxyl groups excluding tert-OH is 4. The molecule has 10 unspecified atom stereocenters. The predicted octanol–water partition coefficient (Wildman–Crippen LogP) is -0.635. The summed E-state index contributed by atoms with van der Waals surface area (Å²) in [4.78, 5) is 28.9. The van der Waals surface area contributed by atoms with Gasteiger partial charge in [0.15, 0.2) is 6.29 Å². The summed E-state index contributed by atoms with van der Waals surface area (Å²) in [5, 5.41) is 43.2. The van der Waals surface area contributed by atoms with Gasteiger partial charge < -0.3 is 49.6 Å². The molecular weight excluding hydrogens is 512 g/mol. The van der Waals surface area contributed by atoms with Gasteiger partial charge in [-0.05, 0) is 24.5 Å². The van der Waals surface area contributed by atoms with Crippen LogP contribution in [0, 0.1) is 11.8 Å². The van der Waals surface area contributed by atoms with Crippen LogP contribution in [0.4, 0.5) is 5.69 Å². The SMILES string of the molecule is C=CC1C(OC2OC(CO)C(O)C(O)C2O)OC=C2C(=O)N3CCC4(C(=O)Nc5cc(OC)ccc54)C3CC21. The van der Waals surface area contributed by atoms with Crippen LogP contribution in [0.15, 0.2) is 42.7 Å². The fourth-order valence-electron chi connectivity index (χ4n) is 6.86. The number of ether oxygens (including phenoxy) is 4. The van der Waals surface area contributed by atoms with E-state index in [4.69, 9.17) is 18.9 Å². The highest BCUT2D eigenvalue weighted by molar-refractivity contribution is 6.08. The van der Waals surface area contributed by atoms with Crippen LogP contribution < -0.4 is 10.1 Å². The van der Waals surface area contributed by atoms with E-state index in [-0.39, 0.29) is 11.8 Å².